The number of anilines is 1. The van der Waals surface area contributed by atoms with Crippen LogP contribution in [0.3, 0.4) is 0 Å². The summed E-state index contributed by atoms with van der Waals surface area (Å²) in [7, 11) is 1.46. The number of carboxylic acids is 1. The van der Waals surface area contributed by atoms with Crippen LogP contribution in [0.1, 0.15) is 26.4 Å². The number of aromatic nitrogens is 1. The van der Waals surface area contributed by atoms with Gasteiger partial charge >= 0.3 is 5.97 Å². The average Bonchev–Trinajstić information content (AvgIpc) is 2.82. The van der Waals surface area contributed by atoms with Crippen LogP contribution in [-0.4, -0.2) is 28.4 Å². The zero-order valence-electron chi connectivity index (χ0n) is 11.1. The predicted molar refractivity (Wildman–Crippen MR) is 80.6 cm³/mol. The minimum atomic E-state index is -1.14. The molecule has 0 aliphatic carbocycles. The fourth-order valence-electron chi connectivity index (χ4n) is 1.75. The molecule has 0 saturated heterocycles. The Hall–Kier alpha value is -1.80. The zero-order valence-corrected chi connectivity index (χ0v) is 13.5. The molecule has 2 rings (SSSR count). The first-order valence-electron chi connectivity index (χ1n) is 5.75. The van der Waals surface area contributed by atoms with E-state index in [9.17, 15) is 19.1 Å². The molecule has 1 aromatic carbocycles. The lowest BCUT2D eigenvalue weighted by Gasteiger charge is -2.16. The first kappa shape index (κ1) is 15.6. The van der Waals surface area contributed by atoms with Crippen molar-refractivity contribution in [3.05, 3.63) is 45.3 Å². The van der Waals surface area contributed by atoms with Crippen molar-refractivity contribution in [3.8, 4) is 0 Å². The fraction of sp³-hybridized carbons (Fsp3) is 0.154. The Bertz CT molecular complexity index is 732. The van der Waals surface area contributed by atoms with E-state index in [1.165, 1.54) is 30.1 Å². The van der Waals surface area contributed by atoms with E-state index in [0.29, 0.717) is 5.69 Å². The monoisotopic (exact) mass is 372 g/mol. The van der Waals surface area contributed by atoms with Crippen molar-refractivity contribution in [1.82, 2.24) is 4.37 Å². The summed E-state index contributed by atoms with van der Waals surface area (Å²) in [6.07, 6.45) is 0. The molecule has 0 spiro atoms. The second kappa shape index (κ2) is 5.90. The van der Waals surface area contributed by atoms with Crippen LogP contribution in [0.15, 0.2) is 22.7 Å². The number of benzene rings is 1. The molecule has 0 atom stereocenters. The van der Waals surface area contributed by atoms with Gasteiger partial charge in [0.05, 0.1) is 10.2 Å². The summed E-state index contributed by atoms with van der Waals surface area (Å²) in [5.41, 5.74) is 0.590. The second-order valence-corrected chi connectivity index (χ2v) is 5.85. The molecule has 0 bridgehead atoms. The summed E-state index contributed by atoms with van der Waals surface area (Å²) in [4.78, 5) is 24.8. The Morgan fingerprint density at radius 3 is 2.67 bits per heavy atom. The van der Waals surface area contributed by atoms with Crippen molar-refractivity contribution in [3.63, 3.8) is 0 Å². The number of amides is 1. The third-order valence-corrected chi connectivity index (χ3v) is 4.46. The van der Waals surface area contributed by atoms with Crippen LogP contribution in [0, 0.1) is 12.7 Å². The summed E-state index contributed by atoms with van der Waals surface area (Å²) in [6.45, 7) is 1.57. The fourth-order valence-corrected chi connectivity index (χ4v) is 2.97. The van der Waals surface area contributed by atoms with Crippen LogP contribution >= 0.6 is 27.5 Å². The number of carbonyl (C=O) groups is 2. The molecule has 1 amide bonds. The Morgan fingerprint density at radius 1 is 1.43 bits per heavy atom. The summed E-state index contributed by atoms with van der Waals surface area (Å²) < 4.78 is 17.3. The standard InChI is InChI=1S/C13H10BrFN2O3S/c1-6-10(13(19)20)12(21-16-6)17(2)11(18)7-3-4-9(15)8(14)5-7/h3-5H,1-2H3,(H,19,20). The van der Waals surface area contributed by atoms with Crippen LogP contribution < -0.4 is 4.90 Å². The normalized spacial score (nSPS) is 10.5. The Morgan fingerprint density at radius 2 is 2.10 bits per heavy atom. The highest BCUT2D eigenvalue weighted by Crippen LogP contribution is 2.29. The van der Waals surface area contributed by atoms with Crippen molar-refractivity contribution in [2.75, 3.05) is 11.9 Å². The number of rotatable bonds is 3. The highest BCUT2D eigenvalue weighted by atomic mass is 79.9. The lowest BCUT2D eigenvalue weighted by Crippen LogP contribution is -2.27. The molecule has 1 aromatic heterocycles. The molecule has 1 N–H and O–H groups in total. The van der Waals surface area contributed by atoms with Crippen LogP contribution in [0.5, 0.6) is 0 Å². The molecule has 0 radical (unpaired) electrons. The Balaban J connectivity index is 2.40. The van der Waals surface area contributed by atoms with Crippen molar-refractivity contribution in [1.29, 1.82) is 0 Å². The summed E-state index contributed by atoms with van der Waals surface area (Å²) in [5, 5.41) is 9.43. The first-order valence-corrected chi connectivity index (χ1v) is 7.32. The van der Waals surface area contributed by atoms with E-state index in [4.69, 9.17) is 0 Å². The number of carboxylic acid groups (broad SMARTS) is 1. The van der Waals surface area contributed by atoms with E-state index in [-0.39, 0.29) is 20.6 Å². The number of nitrogens with zero attached hydrogens (tertiary/aromatic N) is 2. The van der Waals surface area contributed by atoms with Crippen LogP contribution in [-0.2, 0) is 0 Å². The number of aromatic carboxylic acids is 1. The van der Waals surface area contributed by atoms with E-state index in [0.717, 1.165) is 11.5 Å². The quantitative estimate of drug-likeness (QED) is 0.896. The third kappa shape index (κ3) is 2.96. The van der Waals surface area contributed by atoms with Gasteiger partial charge in [0.1, 0.15) is 16.4 Å². The average molecular weight is 373 g/mol. The number of aryl methyl sites for hydroxylation is 1. The number of hydrogen-bond donors (Lipinski definition) is 1. The summed E-state index contributed by atoms with van der Waals surface area (Å²) in [5.74, 6) is -2.06. The van der Waals surface area contributed by atoms with Gasteiger partial charge in [0.15, 0.2) is 0 Å². The number of halogens is 2. The molecular weight excluding hydrogens is 363 g/mol. The lowest BCUT2D eigenvalue weighted by molar-refractivity contribution is 0.0697. The van der Waals surface area contributed by atoms with E-state index in [2.05, 4.69) is 20.3 Å². The van der Waals surface area contributed by atoms with Gasteiger partial charge in [0.2, 0.25) is 0 Å². The highest BCUT2D eigenvalue weighted by molar-refractivity contribution is 9.10. The molecule has 0 fully saturated rings. The van der Waals surface area contributed by atoms with E-state index >= 15 is 0 Å². The zero-order chi connectivity index (χ0) is 15.7. The Kier molecular flexibility index (Phi) is 4.38. The maximum absolute atomic E-state index is 13.2. The van der Waals surface area contributed by atoms with Gasteiger partial charge in [-0.2, -0.15) is 4.37 Å². The SMILES string of the molecule is Cc1nsc(N(C)C(=O)c2ccc(F)c(Br)c2)c1C(=O)O. The smallest absolute Gasteiger partial charge is 0.340 e. The largest absolute Gasteiger partial charge is 0.478 e. The number of hydrogen-bond acceptors (Lipinski definition) is 4. The van der Waals surface area contributed by atoms with E-state index in [1.807, 2.05) is 0 Å². The molecule has 1 heterocycles. The molecule has 8 heteroatoms. The topological polar surface area (TPSA) is 70.5 Å². The number of carbonyl (C=O) groups excluding carboxylic acids is 1. The van der Waals surface area contributed by atoms with Gasteiger partial charge in [-0.15, -0.1) is 0 Å². The van der Waals surface area contributed by atoms with Crippen LogP contribution in [0.2, 0.25) is 0 Å². The molecular formula is C13H10BrFN2O3S. The first-order chi connectivity index (χ1) is 9.82. The minimum Gasteiger partial charge on any atom is -0.478 e. The van der Waals surface area contributed by atoms with Crippen LogP contribution in [0.4, 0.5) is 9.39 Å². The molecule has 0 aliphatic heterocycles. The van der Waals surface area contributed by atoms with Gasteiger partial charge < -0.3 is 10.0 Å². The molecule has 5 nitrogen and oxygen atoms in total. The van der Waals surface area contributed by atoms with Crippen molar-refractivity contribution in [2.45, 2.75) is 6.92 Å². The maximum Gasteiger partial charge on any atom is 0.340 e. The van der Waals surface area contributed by atoms with Gasteiger partial charge in [0, 0.05) is 12.6 Å². The maximum atomic E-state index is 13.2. The predicted octanol–water partition coefficient (Wildman–Crippen LogP) is 3.33. The van der Waals surface area contributed by atoms with E-state index in [1.54, 1.807) is 6.92 Å². The summed E-state index contributed by atoms with van der Waals surface area (Å²) in [6, 6.07) is 3.86. The van der Waals surface area contributed by atoms with Crippen molar-refractivity contribution in [2.24, 2.45) is 0 Å². The highest BCUT2D eigenvalue weighted by Gasteiger charge is 2.24. The lowest BCUT2D eigenvalue weighted by atomic mass is 10.2. The molecule has 2 aromatic rings. The molecule has 0 unspecified atom stereocenters. The molecule has 0 saturated carbocycles. The molecule has 0 aliphatic rings. The van der Waals surface area contributed by atoms with Crippen LogP contribution in [0.25, 0.3) is 0 Å². The van der Waals surface area contributed by atoms with Crippen molar-refractivity contribution >= 4 is 44.3 Å². The second-order valence-electron chi connectivity index (χ2n) is 4.25. The van der Waals surface area contributed by atoms with Gasteiger partial charge in [-0.3, -0.25) is 4.79 Å². The summed E-state index contributed by atoms with van der Waals surface area (Å²) >= 11 is 3.94. The molecule has 21 heavy (non-hydrogen) atoms. The Labute approximate surface area is 132 Å². The molecule has 110 valence electrons. The van der Waals surface area contributed by atoms with Gasteiger partial charge in [-0.05, 0) is 52.6 Å². The van der Waals surface area contributed by atoms with Crippen molar-refractivity contribution < 1.29 is 19.1 Å². The van der Waals surface area contributed by atoms with Gasteiger partial charge in [-0.25, -0.2) is 9.18 Å². The minimum absolute atomic E-state index is 0.00275. The van der Waals surface area contributed by atoms with E-state index < -0.39 is 17.7 Å². The van der Waals surface area contributed by atoms with Gasteiger partial charge in [-0.1, -0.05) is 0 Å². The third-order valence-electron chi connectivity index (χ3n) is 2.83. The van der Waals surface area contributed by atoms with Gasteiger partial charge in [0.25, 0.3) is 5.91 Å².